The standard InChI is InChI=1S/C29H46ClNO4/c1-8-35-27(34)22-13-20(14-22)17-31-26(33)16-29(7,24(18-32)19(2)3)23-10-9-21(25(30)15-23)11-12-28(4,5)6/h9-10,15,19-20,22,24,32H,8,11-14,16-18H2,1-7H3,(H,31,33)/t20?,22?,24?,29-/m0/s1. The zero-order valence-electron chi connectivity index (χ0n) is 22.7. The van der Waals surface area contributed by atoms with Crippen LogP contribution in [0.15, 0.2) is 18.2 Å². The zero-order valence-corrected chi connectivity index (χ0v) is 23.5. The van der Waals surface area contributed by atoms with Gasteiger partial charge in [-0.1, -0.05) is 65.3 Å². The summed E-state index contributed by atoms with van der Waals surface area (Å²) in [6.45, 7) is 15.7. The number of aliphatic hydroxyl groups excluding tert-OH is 1. The lowest BCUT2D eigenvalue weighted by Gasteiger charge is -2.40. The van der Waals surface area contributed by atoms with Crippen LogP contribution in [-0.2, 0) is 26.2 Å². The Kier molecular flexibility index (Phi) is 10.7. The van der Waals surface area contributed by atoms with Crippen LogP contribution < -0.4 is 5.32 Å². The van der Waals surface area contributed by atoms with Gasteiger partial charge in [0.05, 0.1) is 12.5 Å². The molecule has 1 fully saturated rings. The van der Waals surface area contributed by atoms with Crippen LogP contribution in [0, 0.1) is 29.1 Å². The number of aryl methyl sites for hydroxylation is 1. The third-order valence-electron chi connectivity index (χ3n) is 7.65. The lowest BCUT2D eigenvalue weighted by Crippen LogP contribution is -2.44. The fraction of sp³-hybridized carbons (Fsp3) is 0.724. The highest BCUT2D eigenvalue weighted by atomic mass is 35.5. The van der Waals surface area contributed by atoms with Gasteiger partial charge in [-0.3, -0.25) is 9.59 Å². The topological polar surface area (TPSA) is 75.6 Å². The van der Waals surface area contributed by atoms with Crippen molar-refractivity contribution in [3.63, 3.8) is 0 Å². The smallest absolute Gasteiger partial charge is 0.308 e. The Labute approximate surface area is 217 Å². The van der Waals surface area contributed by atoms with Crippen molar-refractivity contribution < 1.29 is 19.4 Å². The van der Waals surface area contributed by atoms with Crippen molar-refractivity contribution in [3.05, 3.63) is 34.3 Å². The predicted molar refractivity (Wildman–Crippen MR) is 142 cm³/mol. The highest BCUT2D eigenvalue weighted by Gasteiger charge is 2.40. The molecule has 1 saturated carbocycles. The minimum atomic E-state index is -0.563. The Bertz CT molecular complexity index is 857. The van der Waals surface area contributed by atoms with Crippen molar-refractivity contribution in [2.75, 3.05) is 19.8 Å². The second kappa shape index (κ2) is 12.6. The molecule has 2 N–H and O–H groups in total. The van der Waals surface area contributed by atoms with Crippen molar-refractivity contribution in [2.45, 2.75) is 86.0 Å². The van der Waals surface area contributed by atoms with Crippen LogP contribution in [0.2, 0.25) is 5.02 Å². The van der Waals surface area contributed by atoms with Gasteiger partial charge in [-0.25, -0.2) is 0 Å². The molecule has 1 amide bonds. The average molecular weight is 508 g/mol. The maximum absolute atomic E-state index is 13.1. The molecule has 1 aliphatic carbocycles. The first-order valence-corrected chi connectivity index (χ1v) is 13.5. The number of esters is 1. The molecule has 1 aliphatic rings. The largest absolute Gasteiger partial charge is 0.466 e. The number of aliphatic hydroxyl groups is 1. The van der Waals surface area contributed by atoms with Gasteiger partial charge in [0.15, 0.2) is 0 Å². The average Bonchev–Trinajstić information content (AvgIpc) is 2.71. The summed E-state index contributed by atoms with van der Waals surface area (Å²) in [7, 11) is 0. The van der Waals surface area contributed by atoms with Crippen molar-refractivity contribution in [2.24, 2.45) is 29.1 Å². The maximum atomic E-state index is 13.1. The lowest BCUT2D eigenvalue weighted by molar-refractivity contribution is -0.152. The first-order chi connectivity index (χ1) is 16.3. The molecule has 0 aliphatic heterocycles. The number of benzene rings is 1. The third kappa shape index (κ3) is 8.21. The van der Waals surface area contributed by atoms with Crippen molar-refractivity contribution >= 4 is 23.5 Å². The minimum absolute atomic E-state index is 0.00527. The molecule has 0 bridgehead atoms. The fourth-order valence-electron chi connectivity index (χ4n) is 5.22. The van der Waals surface area contributed by atoms with E-state index in [1.807, 2.05) is 13.0 Å². The molecule has 0 radical (unpaired) electrons. The van der Waals surface area contributed by atoms with Crippen molar-refractivity contribution in [3.8, 4) is 0 Å². The van der Waals surface area contributed by atoms with Gasteiger partial charge in [0.1, 0.15) is 0 Å². The number of carbonyl (C=O) groups is 2. The van der Waals surface area contributed by atoms with E-state index in [-0.39, 0.29) is 48.1 Å². The van der Waals surface area contributed by atoms with E-state index in [4.69, 9.17) is 16.3 Å². The number of rotatable bonds is 12. The van der Waals surface area contributed by atoms with Crippen LogP contribution in [0.25, 0.3) is 0 Å². The van der Waals surface area contributed by atoms with Crippen LogP contribution in [0.3, 0.4) is 0 Å². The van der Waals surface area contributed by atoms with Crippen LogP contribution in [0.5, 0.6) is 0 Å². The first kappa shape index (κ1) is 29.6. The summed E-state index contributed by atoms with van der Waals surface area (Å²) in [5.41, 5.74) is 1.76. The van der Waals surface area contributed by atoms with E-state index in [2.05, 4.69) is 59.0 Å². The monoisotopic (exact) mass is 507 g/mol. The highest BCUT2D eigenvalue weighted by molar-refractivity contribution is 6.31. The quantitative estimate of drug-likeness (QED) is 0.343. The molecule has 1 aromatic rings. The first-order valence-electron chi connectivity index (χ1n) is 13.1. The fourth-order valence-corrected chi connectivity index (χ4v) is 5.49. The van der Waals surface area contributed by atoms with E-state index < -0.39 is 5.41 Å². The summed E-state index contributed by atoms with van der Waals surface area (Å²) in [5, 5.41) is 14.1. The number of halogens is 1. The second-order valence-electron chi connectivity index (χ2n) is 12.1. The summed E-state index contributed by atoms with van der Waals surface area (Å²) in [5.74, 6) is 0.179. The van der Waals surface area contributed by atoms with Gasteiger partial charge in [-0.05, 0) is 73.0 Å². The van der Waals surface area contributed by atoms with Crippen LogP contribution in [0.4, 0.5) is 0 Å². The van der Waals surface area contributed by atoms with Crippen LogP contribution in [-0.4, -0.2) is 36.7 Å². The molecule has 0 spiro atoms. The molecule has 35 heavy (non-hydrogen) atoms. The summed E-state index contributed by atoms with van der Waals surface area (Å²) >= 11 is 6.72. The summed E-state index contributed by atoms with van der Waals surface area (Å²) in [4.78, 5) is 24.9. The van der Waals surface area contributed by atoms with Gasteiger partial charge >= 0.3 is 5.97 Å². The number of nitrogens with one attached hydrogen (secondary N) is 1. The summed E-state index contributed by atoms with van der Waals surface area (Å²) in [6.07, 6.45) is 3.72. The lowest BCUT2D eigenvalue weighted by atomic mass is 9.65. The summed E-state index contributed by atoms with van der Waals surface area (Å²) < 4.78 is 5.08. The molecule has 1 unspecified atom stereocenters. The van der Waals surface area contributed by atoms with Crippen LogP contribution >= 0.6 is 11.6 Å². The molecule has 2 atom stereocenters. The van der Waals surface area contributed by atoms with Gasteiger partial charge in [0.25, 0.3) is 0 Å². The van der Waals surface area contributed by atoms with E-state index in [0.29, 0.717) is 19.1 Å². The SMILES string of the molecule is CCOC(=O)C1CC(CNC(=O)C[C@@](C)(c2ccc(CCC(C)(C)C)c(Cl)c2)C(CO)C(C)C)C1. The summed E-state index contributed by atoms with van der Waals surface area (Å²) in [6, 6.07) is 6.16. The molecule has 0 aromatic heterocycles. The van der Waals surface area contributed by atoms with Gasteiger partial charge < -0.3 is 15.2 Å². The van der Waals surface area contributed by atoms with Crippen molar-refractivity contribution in [1.29, 1.82) is 0 Å². The minimum Gasteiger partial charge on any atom is -0.466 e. The molecule has 6 heteroatoms. The number of hydrogen-bond donors (Lipinski definition) is 2. The molecule has 5 nitrogen and oxygen atoms in total. The molecule has 1 aromatic carbocycles. The maximum Gasteiger partial charge on any atom is 0.308 e. The van der Waals surface area contributed by atoms with Crippen LogP contribution in [0.1, 0.15) is 85.3 Å². The van der Waals surface area contributed by atoms with Gasteiger partial charge in [0, 0.05) is 30.0 Å². The Morgan fingerprint density at radius 2 is 1.86 bits per heavy atom. The predicted octanol–water partition coefficient (Wildman–Crippen LogP) is 5.94. The normalized spacial score (nSPS) is 20.6. The Morgan fingerprint density at radius 1 is 1.20 bits per heavy atom. The van der Waals surface area contributed by atoms with E-state index in [1.54, 1.807) is 0 Å². The Morgan fingerprint density at radius 3 is 2.37 bits per heavy atom. The molecule has 0 saturated heterocycles. The molecular weight excluding hydrogens is 462 g/mol. The zero-order chi connectivity index (χ0) is 26.4. The van der Waals surface area contributed by atoms with Crippen molar-refractivity contribution in [1.82, 2.24) is 5.32 Å². The van der Waals surface area contributed by atoms with E-state index in [9.17, 15) is 14.7 Å². The third-order valence-corrected chi connectivity index (χ3v) is 8.00. The molecule has 2 rings (SSSR count). The van der Waals surface area contributed by atoms with Gasteiger partial charge in [0.2, 0.25) is 5.91 Å². The molecule has 198 valence electrons. The van der Waals surface area contributed by atoms with E-state index >= 15 is 0 Å². The van der Waals surface area contributed by atoms with Gasteiger partial charge in [-0.15, -0.1) is 0 Å². The number of carbonyl (C=O) groups excluding carboxylic acids is 2. The number of hydrogen-bond acceptors (Lipinski definition) is 4. The van der Waals surface area contributed by atoms with Gasteiger partial charge in [-0.2, -0.15) is 0 Å². The Balaban J connectivity index is 2.11. The highest BCUT2D eigenvalue weighted by Crippen LogP contribution is 2.41. The molecule has 0 heterocycles. The Hall–Kier alpha value is -1.59. The van der Waals surface area contributed by atoms with E-state index in [0.717, 1.165) is 41.8 Å². The number of ether oxygens (including phenoxy) is 1. The second-order valence-corrected chi connectivity index (χ2v) is 12.5. The van der Waals surface area contributed by atoms with E-state index in [1.165, 1.54) is 0 Å². The number of amides is 1. The molecular formula is C29H46ClNO4.